The molecule has 0 spiro atoms. The van der Waals surface area contributed by atoms with Crippen LogP contribution in [0.2, 0.25) is 5.02 Å². The van der Waals surface area contributed by atoms with Crippen LogP contribution in [0.25, 0.3) is 10.9 Å². The molecule has 0 saturated carbocycles. The Labute approximate surface area is 155 Å². The van der Waals surface area contributed by atoms with Gasteiger partial charge in [-0.25, -0.2) is 0 Å². The van der Waals surface area contributed by atoms with Crippen molar-refractivity contribution in [1.29, 1.82) is 0 Å². The molecule has 0 fully saturated rings. The standard InChI is InChI=1S/C19H15ClN6/c1-12-7-8-14(10-15(12)20)23-19-25-17(11-22-26-19)24-16-6-2-4-13-5-3-9-21-18(13)16/h2-11H,1H3,(H2,23,24,25,26). The van der Waals surface area contributed by atoms with Crippen molar-refractivity contribution in [2.24, 2.45) is 0 Å². The number of hydrogen-bond acceptors (Lipinski definition) is 6. The molecule has 0 amide bonds. The van der Waals surface area contributed by atoms with E-state index in [1.165, 1.54) is 0 Å². The highest BCUT2D eigenvalue weighted by Crippen LogP contribution is 2.25. The van der Waals surface area contributed by atoms with E-state index < -0.39 is 0 Å². The number of aromatic nitrogens is 4. The third-order valence-electron chi connectivity index (χ3n) is 3.88. The van der Waals surface area contributed by atoms with Crippen molar-refractivity contribution in [2.75, 3.05) is 10.6 Å². The van der Waals surface area contributed by atoms with E-state index in [9.17, 15) is 0 Å². The zero-order valence-electron chi connectivity index (χ0n) is 13.9. The molecule has 7 heteroatoms. The smallest absolute Gasteiger partial charge is 0.249 e. The Bertz CT molecular complexity index is 1080. The minimum atomic E-state index is 0.378. The summed E-state index contributed by atoms with van der Waals surface area (Å²) in [6, 6.07) is 15.5. The number of nitrogens with zero attached hydrogens (tertiary/aromatic N) is 4. The van der Waals surface area contributed by atoms with E-state index in [-0.39, 0.29) is 0 Å². The summed E-state index contributed by atoms with van der Waals surface area (Å²) in [5.41, 5.74) is 3.53. The number of benzene rings is 2. The lowest BCUT2D eigenvalue weighted by atomic mass is 10.2. The number of anilines is 4. The zero-order valence-corrected chi connectivity index (χ0v) is 14.7. The van der Waals surface area contributed by atoms with Gasteiger partial charge in [0.15, 0.2) is 5.82 Å². The first-order chi connectivity index (χ1) is 12.7. The monoisotopic (exact) mass is 362 g/mol. The lowest BCUT2D eigenvalue weighted by Gasteiger charge is -2.10. The first-order valence-electron chi connectivity index (χ1n) is 8.03. The highest BCUT2D eigenvalue weighted by atomic mass is 35.5. The molecule has 0 unspecified atom stereocenters. The number of para-hydroxylation sites is 1. The van der Waals surface area contributed by atoms with Gasteiger partial charge in [-0.2, -0.15) is 10.1 Å². The molecular weight excluding hydrogens is 348 g/mol. The number of halogens is 1. The molecule has 2 aromatic carbocycles. The van der Waals surface area contributed by atoms with Gasteiger partial charge in [-0.3, -0.25) is 4.98 Å². The second kappa shape index (κ2) is 6.93. The minimum absolute atomic E-state index is 0.378. The molecular formula is C19H15ClN6. The van der Waals surface area contributed by atoms with Gasteiger partial charge in [0, 0.05) is 22.3 Å². The van der Waals surface area contributed by atoms with Gasteiger partial charge < -0.3 is 10.6 Å². The Balaban J connectivity index is 1.60. The number of pyridine rings is 1. The van der Waals surface area contributed by atoms with Crippen molar-refractivity contribution in [3.05, 3.63) is 71.5 Å². The molecule has 0 radical (unpaired) electrons. The summed E-state index contributed by atoms with van der Waals surface area (Å²) in [5.74, 6) is 0.946. The van der Waals surface area contributed by atoms with Crippen molar-refractivity contribution in [1.82, 2.24) is 20.2 Å². The van der Waals surface area contributed by atoms with Crippen molar-refractivity contribution in [2.45, 2.75) is 6.92 Å². The fourth-order valence-electron chi connectivity index (χ4n) is 2.56. The largest absolute Gasteiger partial charge is 0.337 e. The lowest BCUT2D eigenvalue weighted by molar-refractivity contribution is 0.982. The van der Waals surface area contributed by atoms with E-state index in [0.29, 0.717) is 16.8 Å². The molecule has 2 aromatic heterocycles. The topological polar surface area (TPSA) is 75.6 Å². The van der Waals surface area contributed by atoms with E-state index in [2.05, 4.69) is 30.8 Å². The van der Waals surface area contributed by atoms with Crippen LogP contribution in [0.4, 0.5) is 23.1 Å². The van der Waals surface area contributed by atoms with E-state index in [1.807, 2.05) is 55.5 Å². The Morgan fingerprint density at radius 3 is 2.77 bits per heavy atom. The summed E-state index contributed by atoms with van der Waals surface area (Å²) in [4.78, 5) is 8.88. The van der Waals surface area contributed by atoms with Gasteiger partial charge in [-0.1, -0.05) is 35.9 Å². The van der Waals surface area contributed by atoms with Crippen LogP contribution in [0.1, 0.15) is 5.56 Å². The second-order valence-corrected chi connectivity index (χ2v) is 6.17. The highest BCUT2D eigenvalue weighted by Gasteiger charge is 2.06. The van der Waals surface area contributed by atoms with Gasteiger partial charge in [-0.15, -0.1) is 5.10 Å². The number of nitrogens with one attached hydrogen (secondary N) is 2. The second-order valence-electron chi connectivity index (χ2n) is 5.76. The third-order valence-corrected chi connectivity index (χ3v) is 4.29. The minimum Gasteiger partial charge on any atom is -0.337 e. The molecule has 0 aliphatic heterocycles. The molecule has 4 rings (SSSR count). The van der Waals surface area contributed by atoms with Crippen LogP contribution in [-0.4, -0.2) is 20.2 Å². The maximum absolute atomic E-state index is 6.16. The number of aryl methyl sites for hydroxylation is 1. The van der Waals surface area contributed by atoms with Gasteiger partial charge in [0.1, 0.15) is 0 Å². The summed E-state index contributed by atoms with van der Waals surface area (Å²) in [6.07, 6.45) is 3.33. The number of rotatable bonds is 4. The fraction of sp³-hybridized carbons (Fsp3) is 0.0526. The first-order valence-corrected chi connectivity index (χ1v) is 8.40. The van der Waals surface area contributed by atoms with Gasteiger partial charge in [0.2, 0.25) is 5.95 Å². The molecule has 0 aliphatic rings. The van der Waals surface area contributed by atoms with Gasteiger partial charge in [0.25, 0.3) is 0 Å². The van der Waals surface area contributed by atoms with E-state index in [1.54, 1.807) is 12.4 Å². The Morgan fingerprint density at radius 1 is 1.00 bits per heavy atom. The van der Waals surface area contributed by atoms with Crippen molar-refractivity contribution >= 4 is 45.6 Å². The van der Waals surface area contributed by atoms with Crippen LogP contribution in [0.5, 0.6) is 0 Å². The first kappa shape index (κ1) is 16.2. The van der Waals surface area contributed by atoms with Crippen LogP contribution in [0.15, 0.2) is 60.9 Å². The maximum atomic E-state index is 6.16. The Hall–Kier alpha value is -3.25. The van der Waals surface area contributed by atoms with Crippen LogP contribution < -0.4 is 10.6 Å². The average Bonchev–Trinajstić information content (AvgIpc) is 2.65. The van der Waals surface area contributed by atoms with Gasteiger partial charge in [-0.05, 0) is 36.8 Å². The quantitative estimate of drug-likeness (QED) is 0.539. The molecule has 128 valence electrons. The Kier molecular flexibility index (Phi) is 4.33. The van der Waals surface area contributed by atoms with Gasteiger partial charge in [0.05, 0.1) is 17.4 Å². The van der Waals surface area contributed by atoms with E-state index >= 15 is 0 Å². The van der Waals surface area contributed by atoms with Crippen LogP contribution in [0.3, 0.4) is 0 Å². The van der Waals surface area contributed by atoms with Crippen molar-refractivity contribution in [3.8, 4) is 0 Å². The summed E-state index contributed by atoms with van der Waals surface area (Å²) in [7, 11) is 0. The molecule has 0 saturated heterocycles. The van der Waals surface area contributed by atoms with Crippen molar-refractivity contribution < 1.29 is 0 Å². The summed E-state index contributed by atoms with van der Waals surface area (Å²) >= 11 is 6.16. The fourth-order valence-corrected chi connectivity index (χ4v) is 2.74. The molecule has 0 aliphatic carbocycles. The van der Waals surface area contributed by atoms with Crippen LogP contribution in [0, 0.1) is 6.92 Å². The van der Waals surface area contributed by atoms with E-state index in [4.69, 9.17) is 11.6 Å². The van der Waals surface area contributed by atoms with Crippen LogP contribution in [-0.2, 0) is 0 Å². The highest BCUT2D eigenvalue weighted by molar-refractivity contribution is 6.31. The summed E-state index contributed by atoms with van der Waals surface area (Å²) in [5, 5.41) is 16.1. The molecule has 2 N–H and O–H groups in total. The van der Waals surface area contributed by atoms with Crippen molar-refractivity contribution in [3.63, 3.8) is 0 Å². The molecule has 0 atom stereocenters. The molecule has 2 heterocycles. The molecule has 6 nitrogen and oxygen atoms in total. The van der Waals surface area contributed by atoms with Gasteiger partial charge >= 0.3 is 0 Å². The predicted molar refractivity (Wildman–Crippen MR) is 104 cm³/mol. The number of fused-ring (bicyclic) bond motifs is 1. The zero-order chi connectivity index (χ0) is 17.9. The Morgan fingerprint density at radius 2 is 1.88 bits per heavy atom. The number of hydrogen-bond donors (Lipinski definition) is 2. The molecule has 4 aromatic rings. The molecule has 26 heavy (non-hydrogen) atoms. The maximum Gasteiger partial charge on any atom is 0.249 e. The van der Waals surface area contributed by atoms with E-state index in [0.717, 1.165) is 27.8 Å². The molecule has 0 bridgehead atoms. The average molecular weight is 363 g/mol. The summed E-state index contributed by atoms with van der Waals surface area (Å²) < 4.78 is 0. The normalized spacial score (nSPS) is 10.7. The predicted octanol–water partition coefficient (Wildman–Crippen LogP) is 4.87. The van der Waals surface area contributed by atoms with Crippen LogP contribution >= 0.6 is 11.6 Å². The SMILES string of the molecule is Cc1ccc(Nc2nncc(Nc3cccc4cccnc34)n2)cc1Cl. The lowest BCUT2D eigenvalue weighted by Crippen LogP contribution is -2.03. The third kappa shape index (κ3) is 3.41. The summed E-state index contributed by atoms with van der Waals surface area (Å²) in [6.45, 7) is 1.95.